The smallest absolute Gasteiger partial charge is 0.387 e. The van der Waals surface area contributed by atoms with Crippen LogP contribution in [0.25, 0.3) is 0 Å². The molecule has 8 nitrogen and oxygen atoms in total. The second-order valence-corrected chi connectivity index (χ2v) is 7.03. The topological polar surface area (TPSA) is 99.8 Å². The highest BCUT2D eigenvalue weighted by molar-refractivity contribution is 6.32. The van der Waals surface area contributed by atoms with Gasteiger partial charge in [-0.15, -0.1) is 0 Å². The van der Waals surface area contributed by atoms with Crippen molar-refractivity contribution >= 4 is 35.1 Å². The highest BCUT2D eigenvalue weighted by Gasteiger charge is 2.52. The van der Waals surface area contributed by atoms with Crippen LogP contribution in [0.1, 0.15) is 32.1 Å². The summed E-state index contributed by atoms with van der Waals surface area (Å²) in [6, 6.07) is 3.30. The number of carbonyl (C=O) groups excluding carboxylic acids is 3. The summed E-state index contributed by atoms with van der Waals surface area (Å²) in [5.41, 5.74) is 1.74. The van der Waals surface area contributed by atoms with Crippen molar-refractivity contribution in [2.75, 3.05) is 11.9 Å². The summed E-state index contributed by atoms with van der Waals surface area (Å²) in [6.07, 6.45) is 3.77. The van der Waals surface area contributed by atoms with Gasteiger partial charge in [-0.2, -0.15) is 13.8 Å². The zero-order valence-corrected chi connectivity index (χ0v) is 15.5. The van der Waals surface area contributed by atoms with Crippen LogP contribution in [0.15, 0.2) is 18.2 Å². The Bertz CT molecular complexity index is 786. The van der Waals surface area contributed by atoms with Crippen LogP contribution in [0, 0.1) is 0 Å². The maximum absolute atomic E-state index is 12.6. The Balaban J connectivity index is 1.55. The average Bonchev–Trinajstić information content (AvgIpc) is 2.86. The number of hydrogen-bond acceptors (Lipinski definition) is 5. The van der Waals surface area contributed by atoms with Crippen molar-refractivity contribution in [3.63, 3.8) is 0 Å². The highest BCUT2D eigenvalue weighted by Crippen LogP contribution is 2.33. The zero-order valence-electron chi connectivity index (χ0n) is 14.8. The number of alkyl halides is 2. The van der Waals surface area contributed by atoms with E-state index in [0.717, 1.165) is 19.3 Å². The van der Waals surface area contributed by atoms with Crippen LogP contribution in [0.4, 0.5) is 19.3 Å². The van der Waals surface area contributed by atoms with E-state index < -0.39 is 30.0 Å². The third kappa shape index (κ3) is 4.27. The van der Waals surface area contributed by atoms with Crippen molar-refractivity contribution < 1.29 is 27.9 Å². The first-order valence-electron chi connectivity index (χ1n) is 8.75. The summed E-state index contributed by atoms with van der Waals surface area (Å²) in [6.45, 7) is -3.27. The molecular formula is C17H19ClF2N4O4. The van der Waals surface area contributed by atoms with Crippen molar-refractivity contribution in [2.24, 2.45) is 0 Å². The molecule has 2 aliphatic rings. The fourth-order valence-corrected chi connectivity index (χ4v) is 3.59. The molecule has 0 atom stereocenters. The standard InChI is InChI=1S/C17H19ClF2N4O4/c18-11-8-10(4-5-12(11)28-15(19)20)21-9-13(25)23-24-14(26)17(22-16(24)27)6-2-1-3-7-17/h4-5,8,15,21H,1-3,6-7,9H2,(H,22,27)(H,23,25). The Morgan fingerprint density at radius 1 is 1.29 bits per heavy atom. The SMILES string of the molecule is O=C(CNc1ccc(OC(F)F)c(Cl)c1)NN1C(=O)NC2(CCCCC2)C1=O. The van der Waals surface area contributed by atoms with Crippen molar-refractivity contribution in [1.29, 1.82) is 0 Å². The first-order chi connectivity index (χ1) is 13.3. The minimum Gasteiger partial charge on any atom is -0.433 e. The van der Waals surface area contributed by atoms with Crippen LogP contribution in [-0.4, -0.2) is 41.5 Å². The lowest BCUT2D eigenvalue weighted by Gasteiger charge is -2.30. The summed E-state index contributed by atoms with van der Waals surface area (Å²) in [7, 11) is 0. The van der Waals surface area contributed by atoms with Gasteiger partial charge in [-0.25, -0.2) is 4.79 Å². The third-order valence-electron chi connectivity index (χ3n) is 4.71. The monoisotopic (exact) mass is 416 g/mol. The van der Waals surface area contributed by atoms with Crippen LogP contribution in [-0.2, 0) is 9.59 Å². The number of ether oxygens (including phenoxy) is 1. The molecule has 1 aromatic carbocycles. The van der Waals surface area contributed by atoms with Crippen molar-refractivity contribution in [1.82, 2.24) is 15.8 Å². The number of nitrogens with one attached hydrogen (secondary N) is 3. The molecule has 4 amide bonds. The van der Waals surface area contributed by atoms with E-state index >= 15 is 0 Å². The van der Waals surface area contributed by atoms with Crippen LogP contribution in [0.3, 0.4) is 0 Å². The molecule has 1 saturated heterocycles. The van der Waals surface area contributed by atoms with Gasteiger partial charge < -0.3 is 15.4 Å². The van der Waals surface area contributed by atoms with Crippen molar-refractivity contribution in [3.8, 4) is 5.75 Å². The number of rotatable bonds is 6. The van der Waals surface area contributed by atoms with Gasteiger partial charge in [0.1, 0.15) is 11.3 Å². The zero-order chi connectivity index (χ0) is 20.3. The van der Waals surface area contributed by atoms with E-state index in [1.54, 1.807) is 0 Å². The van der Waals surface area contributed by atoms with E-state index in [9.17, 15) is 23.2 Å². The number of hydrogen-bond donors (Lipinski definition) is 3. The lowest BCUT2D eigenvalue weighted by Crippen LogP contribution is -2.51. The number of urea groups is 1. The molecule has 152 valence electrons. The highest BCUT2D eigenvalue weighted by atomic mass is 35.5. The molecule has 11 heteroatoms. The van der Waals surface area contributed by atoms with Gasteiger partial charge in [-0.05, 0) is 31.0 Å². The fraction of sp³-hybridized carbons (Fsp3) is 0.471. The van der Waals surface area contributed by atoms with Crippen LogP contribution < -0.4 is 20.8 Å². The molecule has 0 radical (unpaired) electrons. The van der Waals surface area contributed by atoms with Gasteiger partial charge >= 0.3 is 12.6 Å². The largest absolute Gasteiger partial charge is 0.433 e. The van der Waals surface area contributed by atoms with Gasteiger partial charge in [0.2, 0.25) is 0 Å². The number of imide groups is 1. The first kappa shape index (κ1) is 20.1. The van der Waals surface area contributed by atoms with Crippen molar-refractivity contribution in [3.05, 3.63) is 23.2 Å². The number of halogens is 3. The predicted octanol–water partition coefficient (Wildman–Crippen LogP) is 2.64. The van der Waals surface area contributed by atoms with E-state index in [2.05, 4.69) is 20.8 Å². The fourth-order valence-electron chi connectivity index (χ4n) is 3.36. The molecule has 28 heavy (non-hydrogen) atoms. The Morgan fingerprint density at radius 3 is 2.64 bits per heavy atom. The maximum atomic E-state index is 12.6. The van der Waals surface area contributed by atoms with Crippen LogP contribution >= 0.6 is 11.6 Å². The Hall–Kier alpha value is -2.62. The van der Waals surface area contributed by atoms with E-state index in [-0.39, 0.29) is 17.3 Å². The molecule has 1 saturated carbocycles. The molecule has 3 N–H and O–H groups in total. The summed E-state index contributed by atoms with van der Waals surface area (Å²) in [4.78, 5) is 36.8. The molecule has 1 aromatic rings. The molecular weight excluding hydrogens is 398 g/mol. The van der Waals surface area contributed by atoms with Gasteiger partial charge in [-0.1, -0.05) is 30.9 Å². The molecule has 1 aliphatic heterocycles. The summed E-state index contributed by atoms with van der Waals surface area (Å²) in [5, 5.41) is 6.07. The molecule has 0 aromatic heterocycles. The minimum atomic E-state index is -3.00. The quantitative estimate of drug-likeness (QED) is 0.619. The minimum absolute atomic E-state index is 0.0564. The number of hydrazine groups is 1. The van der Waals surface area contributed by atoms with Crippen LogP contribution in [0.5, 0.6) is 5.75 Å². The average molecular weight is 417 g/mol. The van der Waals surface area contributed by atoms with Gasteiger partial charge in [0.15, 0.2) is 0 Å². The summed E-state index contributed by atoms with van der Waals surface area (Å²) >= 11 is 5.84. The predicted molar refractivity (Wildman–Crippen MR) is 95.9 cm³/mol. The molecule has 1 aliphatic carbocycles. The molecule has 2 fully saturated rings. The Labute approximate surface area is 164 Å². The third-order valence-corrected chi connectivity index (χ3v) is 5.00. The maximum Gasteiger partial charge on any atom is 0.387 e. The second-order valence-electron chi connectivity index (χ2n) is 6.63. The Kier molecular flexibility index (Phi) is 5.87. The number of benzene rings is 1. The van der Waals surface area contributed by atoms with Gasteiger partial charge in [0.25, 0.3) is 11.8 Å². The molecule has 3 rings (SSSR count). The van der Waals surface area contributed by atoms with Gasteiger partial charge in [-0.3, -0.25) is 15.0 Å². The Morgan fingerprint density at radius 2 is 2.00 bits per heavy atom. The number of nitrogens with zero attached hydrogens (tertiary/aromatic N) is 1. The number of anilines is 1. The summed E-state index contributed by atoms with van der Waals surface area (Å²) in [5.74, 6) is -1.27. The number of amides is 4. The first-order valence-corrected chi connectivity index (χ1v) is 9.13. The van der Waals surface area contributed by atoms with Gasteiger partial charge in [0.05, 0.1) is 11.6 Å². The lowest BCUT2D eigenvalue weighted by molar-refractivity contribution is -0.139. The molecule has 1 spiro atoms. The summed E-state index contributed by atoms with van der Waals surface area (Å²) < 4.78 is 28.7. The molecule has 0 bridgehead atoms. The van der Waals surface area contributed by atoms with E-state index in [1.165, 1.54) is 18.2 Å². The van der Waals surface area contributed by atoms with E-state index in [4.69, 9.17) is 11.6 Å². The number of carbonyl (C=O) groups is 3. The molecule has 1 heterocycles. The second kappa shape index (κ2) is 8.17. The van der Waals surface area contributed by atoms with E-state index in [1.807, 2.05) is 0 Å². The normalized spacial score (nSPS) is 18.4. The van der Waals surface area contributed by atoms with Crippen LogP contribution in [0.2, 0.25) is 5.02 Å². The van der Waals surface area contributed by atoms with E-state index in [0.29, 0.717) is 23.5 Å². The van der Waals surface area contributed by atoms with Crippen molar-refractivity contribution in [2.45, 2.75) is 44.3 Å². The van der Waals surface area contributed by atoms with Gasteiger partial charge in [0, 0.05) is 5.69 Å². The lowest BCUT2D eigenvalue weighted by atomic mass is 9.82. The molecule has 0 unspecified atom stereocenters.